The van der Waals surface area contributed by atoms with Gasteiger partial charge in [-0.3, -0.25) is 0 Å². The van der Waals surface area contributed by atoms with Crippen LogP contribution in [0.5, 0.6) is 0 Å². The van der Waals surface area contributed by atoms with Crippen LogP contribution in [0.2, 0.25) is 0 Å². The lowest BCUT2D eigenvalue weighted by molar-refractivity contribution is 0.103. The normalized spacial score (nSPS) is 56.7. The summed E-state index contributed by atoms with van der Waals surface area (Å²) in [7, 11) is 0. The fourth-order valence-corrected chi connectivity index (χ4v) is 2.37. The molecule has 0 aromatic rings. The van der Waals surface area contributed by atoms with Gasteiger partial charge in [-0.2, -0.15) is 0 Å². The van der Waals surface area contributed by atoms with Crippen LogP contribution >= 0.6 is 0 Å². The van der Waals surface area contributed by atoms with Crippen LogP contribution in [0, 0.1) is 11.8 Å². The molecule has 2 fully saturated rings. The molecule has 52 valence electrons. The number of fused-ring (bicyclic) bond motifs is 2. The summed E-state index contributed by atoms with van der Waals surface area (Å²) in [4.78, 5) is 0. The number of nitrogens with two attached hydrogens (primary N) is 1. The summed E-state index contributed by atoms with van der Waals surface area (Å²) in [6.45, 7) is 0. The van der Waals surface area contributed by atoms with Crippen LogP contribution in [-0.2, 0) is 0 Å². The first-order valence-corrected chi connectivity index (χ1v) is 3.71. The minimum atomic E-state index is -0.0706. The van der Waals surface area contributed by atoms with Crippen LogP contribution in [0.4, 0.5) is 0 Å². The third-order valence-electron chi connectivity index (χ3n) is 2.83. The molecule has 2 rings (SSSR count). The maximum Gasteiger partial charge on any atom is 0.0585 e. The quantitative estimate of drug-likeness (QED) is 0.485. The van der Waals surface area contributed by atoms with Gasteiger partial charge in [0.05, 0.1) is 6.10 Å². The molecule has 2 nitrogen and oxygen atoms in total. The SMILES string of the molecule is NC1C[C@@H]2CC(O)[C@H]1C2. The van der Waals surface area contributed by atoms with Crippen LogP contribution in [0.3, 0.4) is 0 Å². The van der Waals surface area contributed by atoms with Gasteiger partial charge in [-0.15, -0.1) is 0 Å². The Bertz CT molecular complexity index is 114. The Morgan fingerprint density at radius 2 is 2.00 bits per heavy atom. The molecule has 0 spiro atoms. The molecule has 2 bridgehead atoms. The number of aliphatic hydroxyl groups excluding tert-OH is 1. The van der Waals surface area contributed by atoms with E-state index in [2.05, 4.69) is 0 Å². The maximum atomic E-state index is 9.31. The van der Waals surface area contributed by atoms with Crippen LogP contribution in [0.25, 0.3) is 0 Å². The Kier molecular flexibility index (Phi) is 1.08. The van der Waals surface area contributed by atoms with E-state index in [1.54, 1.807) is 0 Å². The second-order valence-corrected chi connectivity index (χ2v) is 3.47. The number of rotatable bonds is 0. The minimum absolute atomic E-state index is 0.0706. The molecule has 0 amide bonds. The first kappa shape index (κ1) is 5.69. The van der Waals surface area contributed by atoms with Crippen molar-refractivity contribution in [2.75, 3.05) is 0 Å². The lowest BCUT2D eigenvalue weighted by Crippen LogP contribution is -2.34. The molecule has 9 heavy (non-hydrogen) atoms. The van der Waals surface area contributed by atoms with Crippen molar-refractivity contribution < 1.29 is 5.11 Å². The monoisotopic (exact) mass is 127 g/mol. The van der Waals surface area contributed by atoms with Gasteiger partial charge in [-0.25, -0.2) is 0 Å². The summed E-state index contributed by atoms with van der Waals surface area (Å²) in [6, 6.07) is 0.304. The van der Waals surface area contributed by atoms with Crippen molar-refractivity contribution in [1.29, 1.82) is 0 Å². The van der Waals surface area contributed by atoms with E-state index in [0.717, 1.165) is 18.8 Å². The summed E-state index contributed by atoms with van der Waals surface area (Å²) in [5.41, 5.74) is 5.75. The molecule has 2 saturated carbocycles. The van der Waals surface area contributed by atoms with E-state index in [1.165, 1.54) is 6.42 Å². The molecular weight excluding hydrogens is 114 g/mol. The maximum absolute atomic E-state index is 9.31. The fourth-order valence-electron chi connectivity index (χ4n) is 2.37. The van der Waals surface area contributed by atoms with Gasteiger partial charge in [0.15, 0.2) is 0 Å². The Hall–Kier alpha value is -0.0800. The highest BCUT2D eigenvalue weighted by Gasteiger charge is 2.43. The van der Waals surface area contributed by atoms with E-state index in [-0.39, 0.29) is 6.10 Å². The average molecular weight is 127 g/mol. The van der Waals surface area contributed by atoms with Crippen molar-refractivity contribution in [3.63, 3.8) is 0 Å². The third-order valence-corrected chi connectivity index (χ3v) is 2.83. The molecule has 0 aromatic heterocycles. The zero-order chi connectivity index (χ0) is 6.43. The standard InChI is InChI=1S/C7H13NO/c8-6-2-4-1-5(6)7(9)3-4/h4-7,9H,1-3,8H2/t4-,5+,6?,7?/m1/s1. The lowest BCUT2D eigenvalue weighted by atomic mass is 9.94. The van der Waals surface area contributed by atoms with Gasteiger partial charge >= 0.3 is 0 Å². The second-order valence-electron chi connectivity index (χ2n) is 3.47. The average Bonchev–Trinajstić information content (AvgIpc) is 2.22. The fraction of sp³-hybridized carbons (Fsp3) is 1.00. The first-order chi connectivity index (χ1) is 4.27. The highest BCUT2D eigenvalue weighted by Crippen LogP contribution is 2.43. The van der Waals surface area contributed by atoms with E-state index in [4.69, 9.17) is 5.73 Å². The third kappa shape index (κ3) is 0.700. The van der Waals surface area contributed by atoms with Crippen LogP contribution < -0.4 is 5.73 Å². The molecule has 3 N–H and O–H groups in total. The minimum Gasteiger partial charge on any atom is -0.393 e. The molecule has 0 saturated heterocycles. The number of hydrogen-bond donors (Lipinski definition) is 2. The Morgan fingerprint density at radius 3 is 2.33 bits per heavy atom. The molecule has 2 aliphatic rings. The van der Waals surface area contributed by atoms with Crippen molar-refractivity contribution in [2.24, 2.45) is 17.6 Å². The van der Waals surface area contributed by atoms with Gasteiger partial charge in [-0.1, -0.05) is 0 Å². The summed E-state index contributed by atoms with van der Waals surface area (Å²) < 4.78 is 0. The van der Waals surface area contributed by atoms with Crippen molar-refractivity contribution >= 4 is 0 Å². The van der Waals surface area contributed by atoms with Gasteiger partial charge in [0, 0.05) is 12.0 Å². The van der Waals surface area contributed by atoms with E-state index >= 15 is 0 Å². The molecule has 0 aliphatic heterocycles. The molecule has 2 unspecified atom stereocenters. The predicted molar refractivity (Wildman–Crippen MR) is 34.8 cm³/mol. The van der Waals surface area contributed by atoms with E-state index in [9.17, 15) is 5.11 Å². The van der Waals surface area contributed by atoms with Gasteiger partial charge in [0.1, 0.15) is 0 Å². The summed E-state index contributed by atoms with van der Waals surface area (Å²) in [5, 5.41) is 9.31. The zero-order valence-electron chi connectivity index (χ0n) is 5.46. The number of hydrogen-bond acceptors (Lipinski definition) is 2. The van der Waals surface area contributed by atoms with Crippen molar-refractivity contribution in [3.05, 3.63) is 0 Å². The smallest absolute Gasteiger partial charge is 0.0585 e. The highest BCUT2D eigenvalue weighted by atomic mass is 16.3. The molecule has 4 atom stereocenters. The van der Waals surface area contributed by atoms with Gasteiger partial charge in [0.25, 0.3) is 0 Å². The molecule has 0 heterocycles. The van der Waals surface area contributed by atoms with Crippen molar-refractivity contribution in [3.8, 4) is 0 Å². The van der Waals surface area contributed by atoms with Crippen LogP contribution in [-0.4, -0.2) is 17.3 Å². The van der Waals surface area contributed by atoms with Gasteiger partial charge in [0.2, 0.25) is 0 Å². The van der Waals surface area contributed by atoms with Crippen LogP contribution in [0.15, 0.2) is 0 Å². The summed E-state index contributed by atoms with van der Waals surface area (Å²) in [5.74, 6) is 1.19. The Labute approximate surface area is 55.1 Å². The van der Waals surface area contributed by atoms with E-state index in [1.807, 2.05) is 0 Å². The molecule has 2 aliphatic carbocycles. The van der Waals surface area contributed by atoms with Crippen molar-refractivity contribution in [2.45, 2.75) is 31.4 Å². The van der Waals surface area contributed by atoms with Gasteiger partial charge in [-0.05, 0) is 25.2 Å². The first-order valence-electron chi connectivity index (χ1n) is 3.71. The van der Waals surface area contributed by atoms with Gasteiger partial charge < -0.3 is 10.8 Å². The largest absolute Gasteiger partial charge is 0.393 e. The zero-order valence-corrected chi connectivity index (χ0v) is 5.46. The van der Waals surface area contributed by atoms with Crippen molar-refractivity contribution in [1.82, 2.24) is 0 Å². The molecule has 0 aromatic carbocycles. The van der Waals surface area contributed by atoms with E-state index in [0.29, 0.717) is 12.0 Å². The topological polar surface area (TPSA) is 46.2 Å². The van der Waals surface area contributed by atoms with E-state index < -0.39 is 0 Å². The molecule has 0 radical (unpaired) electrons. The highest BCUT2D eigenvalue weighted by molar-refractivity contribution is 4.97. The Balaban J connectivity index is 2.13. The second kappa shape index (κ2) is 1.70. The summed E-state index contributed by atoms with van der Waals surface area (Å²) in [6.07, 6.45) is 3.28. The predicted octanol–water partition coefficient (Wildman–Crippen LogP) is 0.104. The number of aliphatic hydroxyl groups is 1. The van der Waals surface area contributed by atoms with Crippen LogP contribution in [0.1, 0.15) is 19.3 Å². The Morgan fingerprint density at radius 1 is 1.22 bits per heavy atom. The molecular formula is C7H13NO. The summed E-state index contributed by atoms with van der Waals surface area (Å²) >= 11 is 0. The molecule has 2 heteroatoms. The lowest BCUT2D eigenvalue weighted by Gasteiger charge is -2.21.